The zero-order chi connectivity index (χ0) is 23.9. The van der Waals surface area contributed by atoms with E-state index in [0.29, 0.717) is 0 Å². The Morgan fingerprint density at radius 1 is 0.353 bits per heavy atom. The van der Waals surface area contributed by atoms with Crippen LogP contribution in [0.2, 0.25) is 0 Å². The maximum Gasteiger partial charge on any atom is 0 e. The van der Waals surface area contributed by atoms with Gasteiger partial charge in [0, 0.05) is 136 Å². The molecule has 0 nitrogen and oxygen atoms in total. The minimum atomic E-state index is 0. The molecule has 0 rings (SSSR count). The van der Waals surface area contributed by atoms with Crippen LogP contribution < -0.4 is 0 Å². The first-order chi connectivity index (χ1) is 13.5. The second kappa shape index (κ2) is 146. The van der Waals surface area contributed by atoms with E-state index < -0.39 is 0 Å². The van der Waals surface area contributed by atoms with Crippen molar-refractivity contribution in [2.75, 3.05) is 0 Å². The molecular weight excluding hydrogens is 667 g/mol. The van der Waals surface area contributed by atoms with Gasteiger partial charge in [0.15, 0.2) is 0 Å². The quantitative estimate of drug-likeness (QED) is 0.217. The largest absolute Gasteiger partial charge is 0.358 e. The average molecular weight is 742 g/mol. The maximum atomic E-state index is 3.49. The molecule has 0 amide bonds. The van der Waals surface area contributed by atoms with Crippen LogP contribution in [0.15, 0.2) is 0 Å². The molecule has 0 bridgehead atoms. The van der Waals surface area contributed by atoms with Gasteiger partial charge in [-0.1, -0.05) is 160 Å². The van der Waals surface area contributed by atoms with Crippen molar-refractivity contribution in [1.82, 2.24) is 0 Å². The summed E-state index contributed by atoms with van der Waals surface area (Å²) < 4.78 is 0. The van der Waals surface area contributed by atoms with Crippen molar-refractivity contribution >= 4 is 0 Å². The van der Waals surface area contributed by atoms with E-state index in [1.165, 1.54) is 77.0 Å². The van der Waals surface area contributed by atoms with E-state index in [4.69, 9.17) is 0 Å². The van der Waals surface area contributed by atoms with E-state index in [2.05, 4.69) is 69.2 Å². The van der Waals surface area contributed by atoms with Crippen molar-refractivity contribution in [1.29, 1.82) is 0 Å². The zero-order valence-corrected chi connectivity index (χ0v) is 36.6. The van der Waals surface area contributed by atoms with Crippen LogP contribution in [0.25, 0.3) is 0 Å². The normalized spacial score (nSPS) is 6.18. The first-order valence-electron chi connectivity index (χ1n) is 13.1. The van der Waals surface area contributed by atoms with Crippen LogP contribution in [0.1, 0.15) is 173 Å². The monoisotopic (exact) mass is 741 g/mol. The SMILES string of the molecule is CC.CCCCC.CCCCC.CCCCC.CCCCC.[Ar].[CH2-]CC.[CH2-]CC.[CH3-].[CH3-].[Y].[Y].[Y]. The molecule has 0 unspecified atom stereocenters. The van der Waals surface area contributed by atoms with Gasteiger partial charge in [-0.05, 0) is 0 Å². The molecule has 0 aromatic carbocycles. The molecule has 0 spiro atoms. The topological polar surface area (TPSA) is 0 Å². The van der Waals surface area contributed by atoms with Gasteiger partial charge in [-0.3, -0.25) is 0 Å². The van der Waals surface area contributed by atoms with Crippen molar-refractivity contribution in [3.05, 3.63) is 28.7 Å². The van der Waals surface area contributed by atoms with Crippen LogP contribution >= 0.6 is 0 Å². The molecule has 0 aliphatic heterocycles. The standard InChI is InChI=1S/4C5H12.2C3H7.C2H6.2CH3.Ar.3Y/c4*1-3-5-4-2;2*1-3-2;1-2;;;;;;/h4*3-5H2,1-2H3;2*1,3H2,2H3;1-2H3;2*1H3;;;;/q;;;;2*-1;;2*-1;;;;. The summed E-state index contributed by atoms with van der Waals surface area (Å²) in [6.07, 6.45) is 18.3. The fraction of sp³-hybridized carbons (Fsp3) is 0.867. The molecule has 0 aromatic heterocycles. The Balaban J connectivity index is -0.0000000136. The van der Waals surface area contributed by atoms with Crippen LogP contribution in [-0.2, 0) is 98.1 Å². The zero-order valence-electron chi connectivity index (χ0n) is 27.4. The van der Waals surface area contributed by atoms with E-state index >= 15 is 0 Å². The Hall–Kier alpha value is 4.57. The van der Waals surface area contributed by atoms with Crippen molar-refractivity contribution in [3.63, 3.8) is 0 Å². The molecule has 0 aliphatic carbocycles. The summed E-state index contributed by atoms with van der Waals surface area (Å²) in [5.41, 5.74) is 0. The predicted octanol–water partition coefficient (Wildman–Crippen LogP) is 13.2. The molecule has 215 valence electrons. The Kier molecular flexibility index (Phi) is 357. The minimum Gasteiger partial charge on any atom is -0.358 e. The predicted molar refractivity (Wildman–Crippen MR) is 156 cm³/mol. The Labute approximate surface area is 332 Å². The first-order valence-corrected chi connectivity index (χ1v) is 13.1. The van der Waals surface area contributed by atoms with E-state index in [1.807, 2.05) is 27.7 Å². The number of unbranched alkanes of at least 4 members (excludes halogenated alkanes) is 8. The summed E-state index contributed by atoms with van der Waals surface area (Å²) in [5.74, 6) is 0. The van der Waals surface area contributed by atoms with E-state index in [-0.39, 0.29) is 151 Å². The van der Waals surface area contributed by atoms with Gasteiger partial charge >= 0.3 is 0 Å². The number of rotatable bonds is 8. The Morgan fingerprint density at radius 2 is 0.412 bits per heavy atom. The summed E-state index contributed by atoms with van der Waals surface area (Å²) in [6, 6.07) is 0. The van der Waals surface area contributed by atoms with Gasteiger partial charge in [-0.25, -0.2) is 0 Å². The molecule has 4 heteroatoms. The number of hydrogen-bond acceptors (Lipinski definition) is 0. The first kappa shape index (κ1) is 83.3. The second-order valence-corrected chi connectivity index (χ2v) is 6.41. The summed E-state index contributed by atoms with van der Waals surface area (Å²) >= 11 is 0. The molecule has 34 heavy (non-hydrogen) atoms. The summed E-state index contributed by atoms with van der Waals surface area (Å²) in [7, 11) is 0. The van der Waals surface area contributed by atoms with E-state index in [1.54, 1.807) is 0 Å². The molecule has 0 atom stereocenters. The molecule has 0 aromatic rings. The molecule has 0 fully saturated rings. The van der Waals surface area contributed by atoms with Crippen molar-refractivity contribution in [2.45, 2.75) is 173 Å². The third-order valence-electron chi connectivity index (χ3n) is 2.83. The smallest absolute Gasteiger partial charge is 0 e. The fourth-order valence-corrected chi connectivity index (χ4v) is 1.41. The van der Waals surface area contributed by atoms with Gasteiger partial charge in [-0.15, -0.1) is 0 Å². The third kappa shape index (κ3) is 293. The molecular formula is C30H74ArY3-4. The summed E-state index contributed by atoms with van der Waals surface area (Å²) in [4.78, 5) is 0. The van der Waals surface area contributed by atoms with Gasteiger partial charge in [-0.2, -0.15) is 12.8 Å². The van der Waals surface area contributed by atoms with Gasteiger partial charge in [0.05, 0.1) is 0 Å². The second-order valence-electron chi connectivity index (χ2n) is 6.41. The van der Waals surface area contributed by atoms with Crippen LogP contribution in [0.5, 0.6) is 0 Å². The van der Waals surface area contributed by atoms with Gasteiger partial charge in [0.2, 0.25) is 0 Å². The van der Waals surface area contributed by atoms with Gasteiger partial charge in [0.1, 0.15) is 0 Å². The third-order valence-corrected chi connectivity index (χ3v) is 2.83. The molecule has 0 heterocycles. The Bertz CT molecular complexity index is 93.6. The van der Waals surface area contributed by atoms with Crippen LogP contribution in [0, 0.1) is 66.4 Å². The minimum absolute atomic E-state index is 0. The van der Waals surface area contributed by atoms with Crippen LogP contribution in [0.4, 0.5) is 0 Å². The summed E-state index contributed by atoms with van der Waals surface area (Å²) in [6.45, 7) is 32.7. The van der Waals surface area contributed by atoms with E-state index in [9.17, 15) is 0 Å². The maximum absolute atomic E-state index is 3.49. The fourth-order valence-electron chi connectivity index (χ4n) is 1.41. The van der Waals surface area contributed by atoms with E-state index in [0.717, 1.165) is 12.8 Å². The Morgan fingerprint density at radius 3 is 0.412 bits per heavy atom. The molecule has 0 N–H and O–H groups in total. The number of hydrogen-bond donors (Lipinski definition) is 0. The molecule has 3 radical (unpaired) electrons. The van der Waals surface area contributed by atoms with Crippen molar-refractivity contribution < 1.29 is 136 Å². The summed E-state index contributed by atoms with van der Waals surface area (Å²) in [5, 5.41) is 0. The van der Waals surface area contributed by atoms with Crippen LogP contribution in [-0.4, -0.2) is 0 Å². The average Bonchev–Trinajstić information content (AvgIpc) is 2.69. The molecule has 0 saturated carbocycles. The van der Waals surface area contributed by atoms with Crippen molar-refractivity contribution in [3.8, 4) is 0 Å². The van der Waals surface area contributed by atoms with Crippen LogP contribution in [0.3, 0.4) is 0 Å². The molecule has 0 saturated heterocycles. The molecule has 0 aliphatic rings. The van der Waals surface area contributed by atoms with Gasteiger partial charge in [0.25, 0.3) is 0 Å². The van der Waals surface area contributed by atoms with Crippen molar-refractivity contribution in [2.24, 2.45) is 0 Å². The van der Waals surface area contributed by atoms with Gasteiger partial charge < -0.3 is 28.7 Å².